The third-order valence-electron chi connectivity index (χ3n) is 2.72. The van der Waals surface area contributed by atoms with Crippen LogP contribution >= 0.6 is 22.6 Å². The first kappa shape index (κ1) is 12.0. The Morgan fingerprint density at radius 3 is 2.84 bits per heavy atom. The zero-order valence-electron chi connectivity index (χ0n) is 9.52. The van der Waals surface area contributed by atoms with Crippen LogP contribution in [0.5, 0.6) is 0 Å². The smallest absolute Gasteiger partial charge is 0.258 e. The quantitative estimate of drug-likeness (QED) is 0.397. The number of hydrogen-bond donors (Lipinski definition) is 0. The van der Waals surface area contributed by atoms with Crippen LogP contribution in [0.3, 0.4) is 0 Å². The summed E-state index contributed by atoms with van der Waals surface area (Å²) >= 11 is 2.16. The molecule has 19 heavy (non-hydrogen) atoms. The Morgan fingerprint density at radius 1 is 1.32 bits per heavy atom. The van der Waals surface area contributed by atoms with Crippen molar-refractivity contribution in [3.63, 3.8) is 0 Å². The van der Waals surface area contributed by atoms with Crippen molar-refractivity contribution >= 4 is 39.2 Å². The van der Waals surface area contributed by atoms with E-state index in [1.807, 2.05) is 6.20 Å². The van der Waals surface area contributed by atoms with E-state index < -0.39 is 4.92 Å². The lowest BCUT2D eigenvalue weighted by molar-refractivity contribution is -0.383. The molecule has 0 unspecified atom stereocenters. The van der Waals surface area contributed by atoms with E-state index in [9.17, 15) is 10.1 Å². The highest BCUT2D eigenvalue weighted by Crippen LogP contribution is 2.28. The second-order valence-electron chi connectivity index (χ2n) is 3.86. The monoisotopic (exact) mass is 366 g/mol. The van der Waals surface area contributed by atoms with Crippen molar-refractivity contribution < 1.29 is 4.92 Å². The van der Waals surface area contributed by atoms with Gasteiger partial charge in [-0.25, -0.2) is 9.67 Å². The number of halogens is 1. The molecule has 0 N–H and O–H groups in total. The molecule has 0 radical (unpaired) electrons. The molecule has 2 aromatic heterocycles. The largest absolute Gasteiger partial charge is 0.295 e. The van der Waals surface area contributed by atoms with Gasteiger partial charge in [0.2, 0.25) is 0 Å². The zero-order valence-corrected chi connectivity index (χ0v) is 11.7. The topological polar surface area (TPSA) is 73.8 Å². The molecular formula is C12H7IN4O2. The lowest BCUT2D eigenvalue weighted by Crippen LogP contribution is -1.98. The first-order valence-corrected chi connectivity index (χ1v) is 6.47. The fourth-order valence-electron chi connectivity index (χ4n) is 1.92. The van der Waals surface area contributed by atoms with E-state index in [-0.39, 0.29) is 5.69 Å². The van der Waals surface area contributed by atoms with Crippen LogP contribution in [-0.4, -0.2) is 19.7 Å². The van der Waals surface area contributed by atoms with Gasteiger partial charge in [0.15, 0.2) is 0 Å². The van der Waals surface area contributed by atoms with Crippen LogP contribution < -0.4 is 0 Å². The second-order valence-corrected chi connectivity index (χ2v) is 5.11. The van der Waals surface area contributed by atoms with E-state index in [1.54, 1.807) is 35.3 Å². The van der Waals surface area contributed by atoms with Crippen molar-refractivity contribution in [2.75, 3.05) is 0 Å². The van der Waals surface area contributed by atoms with Gasteiger partial charge in [-0.05, 0) is 40.8 Å². The molecule has 0 amide bonds. The summed E-state index contributed by atoms with van der Waals surface area (Å²) in [5, 5.41) is 15.9. The van der Waals surface area contributed by atoms with Gasteiger partial charge in [0.1, 0.15) is 5.52 Å². The van der Waals surface area contributed by atoms with Crippen molar-refractivity contribution in [3.05, 3.63) is 56.5 Å². The minimum absolute atomic E-state index is 0.00111. The van der Waals surface area contributed by atoms with Crippen molar-refractivity contribution in [1.82, 2.24) is 14.8 Å². The summed E-state index contributed by atoms with van der Waals surface area (Å²) in [6.07, 6.45) is 5.13. The van der Waals surface area contributed by atoms with Crippen LogP contribution in [0.4, 0.5) is 5.69 Å². The van der Waals surface area contributed by atoms with Crippen LogP contribution in [0, 0.1) is 13.7 Å². The van der Waals surface area contributed by atoms with Gasteiger partial charge >= 0.3 is 0 Å². The van der Waals surface area contributed by atoms with Gasteiger partial charge in [0.05, 0.1) is 20.4 Å². The summed E-state index contributed by atoms with van der Waals surface area (Å²) in [4.78, 5) is 14.7. The van der Waals surface area contributed by atoms with Crippen LogP contribution in [-0.2, 0) is 0 Å². The Labute approximate surface area is 121 Å². The Hall–Kier alpha value is -2.03. The van der Waals surface area contributed by atoms with Crippen molar-refractivity contribution in [2.45, 2.75) is 0 Å². The van der Waals surface area contributed by atoms with E-state index in [4.69, 9.17) is 0 Å². The van der Waals surface area contributed by atoms with Crippen molar-refractivity contribution in [2.24, 2.45) is 0 Å². The molecule has 0 fully saturated rings. The van der Waals surface area contributed by atoms with Crippen LogP contribution in [0.1, 0.15) is 0 Å². The molecule has 0 atom stereocenters. The summed E-state index contributed by atoms with van der Waals surface area (Å²) < 4.78 is 2.68. The van der Waals surface area contributed by atoms with E-state index >= 15 is 0 Å². The number of benzene rings is 1. The standard InChI is InChI=1S/C12H7IN4O2/c13-8-6-15-16(7-8)10-3-4-11(17(18)19)12-9(10)2-1-5-14-12/h1-7H. The number of pyridine rings is 1. The fourth-order valence-corrected chi connectivity index (χ4v) is 2.31. The lowest BCUT2D eigenvalue weighted by Gasteiger charge is -2.06. The van der Waals surface area contributed by atoms with Gasteiger partial charge < -0.3 is 0 Å². The molecule has 0 aliphatic rings. The SMILES string of the molecule is O=[N+]([O-])c1ccc(-n2cc(I)cn2)c2cccnc12. The Bertz CT molecular complexity index is 784. The molecule has 6 nitrogen and oxygen atoms in total. The molecular weight excluding hydrogens is 359 g/mol. The maximum absolute atomic E-state index is 11.0. The highest BCUT2D eigenvalue weighted by molar-refractivity contribution is 14.1. The first-order chi connectivity index (χ1) is 9.16. The fraction of sp³-hybridized carbons (Fsp3) is 0. The Kier molecular flexibility index (Phi) is 2.90. The lowest BCUT2D eigenvalue weighted by atomic mass is 10.1. The molecule has 0 aliphatic carbocycles. The molecule has 0 saturated carbocycles. The van der Waals surface area contributed by atoms with Gasteiger partial charge in [-0.15, -0.1) is 0 Å². The van der Waals surface area contributed by atoms with Gasteiger partial charge in [-0.3, -0.25) is 10.1 Å². The summed E-state index contributed by atoms with van der Waals surface area (Å²) in [7, 11) is 0. The molecule has 3 aromatic rings. The molecule has 1 aromatic carbocycles. The molecule has 0 saturated heterocycles. The summed E-state index contributed by atoms with van der Waals surface area (Å²) in [6.45, 7) is 0. The van der Waals surface area contributed by atoms with Crippen LogP contribution in [0.2, 0.25) is 0 Å². The van der Waals surface area contributed by atoms with Gasteiger partial charge in [-0.2, -0.15) is 5.10 Å². The van der Waals surface area contributed by atoms with E-state index in [2.05, 4.69) is 32.7 Å². The highest BCUT2D eigenvalue weighted by Gasteiger charge is 2.16. The third-order valence-corrected chi connectivity index (χ3v) is 3.28. The number of rotatable bonds is 2. The van der Waals surface area contributed by atoms with Gasteiger partial charge in [0.25, 0.3) is 5.69 Å². The van der Waals surface area contributed by atoms with E-state index in [0.717, 1.165) is 9.26 Å². The summed E-state index contributed by atoms with van der Waals surface area (Å²) in [6, 6.07) is 6.70. The number of non-ortho nitro benzene ring substituents is 1. The number of nitrogens with zero attached hydrogens (tertiary/aromatic N) is 4. The minimum atomic E-state index is -0.425. The number of fused-ring (bicyclic) bond motifs is 1. The normalized spacial score (nSPS) is 10.8. The van der Waals surface area contributed by atoms with Gasteiger partial charge in [-0.1, -0.05) is 0 Å². The second kappa shape index (κ2) is 4.57. The maximum atomic E-state index is 11.0. The maximum Gasteiger partial charge on any atom is 0.295 e. The predicted molar refractivity (Wildman–Crippen MR) is 78.2 cm³/mol. The first-order valence-electron chi connectivity index (χ1n) is 5.39. The van der Waals surface area contributed by atoms with Crippen LogP contribution in [0.25, 0.3) is 16.6 Å². The number of aromatic nitrogens is 3. The molecule has 94 valence electrons. The minimum Gasteiger partial charge on any atom is -0.258 e. The van der Waals surface area contributed by atoms with Crippen LogP contribution in [0.15, 0.2) is 42.9 Å². The average molecular weight is 366 g/mol. The molecule has 2 heterocycles. The third kappa shape index (κ3) is 2.05. The van der Waals surface area contributed by atoms with Crippen molar-refractivity contribution in [3.8, 4) is 5.69 Å². The number of nitro groups is 1. The Morgan fingerprint density at radius 2 is 2.16 bits per heavy atom. The molecule has 7 heteroatoms. The number of hydrogen-bond acceptors (Lipinski definition) is 4. The zero-order chi connectivity index (χ0) is 13.4. The van der Waals surface area contributed by atoms with E-state index in [1.165, 1.54) is 6.07 Å². The average Bonchev–Trinajstić information content (AvgIpc) is 2.83. The molecule has 3 rings (SSSR count). The molecule has 0 spiro atoms. The van der Waals surface area contributed by atoms with E-state index in [0.29, 0.717) is 10.9 Å². The summed E-state index contributed by atoms with van der Waals surface area (Å²) in [5.74, 6) is 0. The van der Waals surface area contributed by atoms with Crippen molar-refractivity contribution in [1.29, 1.82) is 0 Å². The Balaban J connectivity index is 2.34. The highest BCUT2D eigenvalue weighted by atomic mass is 127. The summed E-state index contributed by atoms with van der Waals surface area (Å²) in [5.41, 5.74) is 1.15. The number of nitro benzene ring substituents is 1. The van der Waals surface area contributed by atoms with Gasteiger partial charge in [0, 0.05) is 23.8 Å². The predicted octanol–water partition coefficient (Wildman–Crippen LogP) is 2.93. The molecule has 0 aliphatic heterocycles. The molecule has 0 bridgehead atoms.